The summed E-state index contributed by atoms with van der Waals surface area (Å²) in [5, 5.41) is 3.72. The molecule has 1 fully saturated rings. The molecule has 19 heavy (non-hydrogen) atoms. The first-order chi connectivity index (χ1) is 9.06. The Bertz CT molecular complexity index is 244. The van der Waals surface area contributed by atoms with Crippen LogP contribution in [0.3, 0.4) is 0 Å². The van der Waals surface area contributed by atoms with Crippen LogP contribution in [0.4, 0.5) is 0 Å². The van der Waals surface area contributed by atoms with Crippen molar-refractivity contribution in [2.45, 2.75) is 52.2 Å². The number of ether oxygens (including phenoxy) is 1. The number of rotatable bonds is 8. The summed E-state index contributed by atoms with van der Waals surface area (Å²) in [7, 11) is 0. The fourth-order valence-corrected chi connectivity index (χ4v) is 2.82. The zero-order valence-corrected chi connectivity index (χ0v) is 13.2. The second-order valence-electron chi connectivity index (χ2n) is 6.05. The highest BCUT2D eigenvalue weighted by Gasteiger charge is 2.36. The summed E-state index contributed by atoms with van der Waals surface area (Å²) in [4.78, 5) is 2.44. The van der Waals surface area contributed by atoms with Crippen LogP contribution < -0.4 is 11.1 Å². The van der Waals surface area contributed by atoms with Crippen LogP contribution in [0.25, 0.3) is 0 Å². The zero-order chi connectivity index (χ0) is 14.3. The quantitative estimate of drug-likeness (QED) is 0.701. The Labute approximate surface area is 119 Å². The van der Waals surface area contributed by atoms with Crippen LogP contribution in [-0.2, 0) is 4.74 Å². The standard InChI is InChI=1S/C15H33N3O/c1-5-18(6-2)9-8-17-15(12-16)7-10-19-14(11-15)13(3)4/h13-14,17H,5-12,16H2,1-4H3. The van der Waals surface area contributed by atoms with Crippen molar-refractivity contribution in [3.63, 3.8) is 0 Å². The van der Waals surface area contributed by atoms with Gasteiger partial charge in [-0.3, -0.25) is 0 Å². The number of likely N-dealkylation sites (N-methyl/N-ethyl adjacent to an activating group) is 1. The molecule has 2 atom stereocenters. The lowest BCUT2D eigenvalue weighted by atomic mass is 9.83. The molecule has 1 aliphatic heterocycles. The van der Waals surface area contributed by atoms with Crippen LogP contribution in [0.1, 0.15) is 40.5 Å². The maximum absolute atomic E-state index is 6.05. The molecule has 4 nitrogen and oxygen atoms in total. The minimum Gasteiger partial charge on any atom is -0.378 e. The van der Waals surface area contributed by atoms with Crippen LogP contribution in [0.2, 0.25) is 0 Å². The van der Waals surface area contributed by atoms with Crippen LogP contribution >= 0.6 is 0 Å². The molecular formula is C15H33N3O. The average Bonchev–Trinajstić information content (AvgIpc) is 2.44. The molecule has 0 aliphatic carbocycles. The van der Waals surface area contributed by atoms with E-state index in [9.17, 15) is 0 Å². The lowest BCUT2D eigenvalue weighted by molar-refractivity contribution is -0.0495. The number of hydrogen-bond donors (Lipinski definition) is 2. The van der Waals surface area contributed by atoms with E-state index in [1.165, 1.54) is 0 Å². The van der Waals surface area contributed by atoms with Gasteiger partial charge in [-0.25, -0.2) is 0 Å². The van der Waals surface area contributed by atoms with Crippen molar-refractivity contribution in [2.24, 2.45) is 11.7 Å². The van der Waals surface area contributed by atoms with E-state index in [0.29, 0.717) is 18.6 Å². The van der Waals surface area contributed by atoms with Crippen LogP contribution in [0.15, 0.2) is 0 Å². The number of nitrogens with one attached hydrogen (secondary N) is 1. The highest BCUT2D eigenvalue weighted by molar-refractivity contribution is 4.95. The summed E-state index contributed by atoms with van der Waals surface area (Å²) in [6, 6.07) is 0. The van der Waals surface area contributed by atoms with Gasteiger partial charge >= 0.3 is 0 Å². The summed E-state index contributed by atoms with van der Waals surface area (Å²) < 4.78 is 5.86. The predicted molar refractivity (Wildman–Crippen MR) is 81.4 cm³/mol. The van der Waals surface area contributed by atoms with Crippen molar-refractivity contribution in [3.8, 4) is 0 Å². The number of nitrogens with zero attached hydrogens (tertiary/aromatic N) is 1. The van der Waals surface area contributed by atoms with Crippen LogP contribution in [-0.4, -0.2) is 55.9 Å². The van der Waals surface area contributed by atoms with E-state index in [1.54, 1.807) is 0 Å². The van der Waals surface area contributed by atoms with Gasteiger partial charge in [0.25, 0.3) is 0 Å². The fraction of sp³-hybridized carbons (Fsp3) is 1.00. The summed E-state index contributed by atoms with van der Waals surface area (Å²) in [6.45, 7) is 14.8. The molecule has 1 aliphatic rings. The molecule has 0 amide bonds. The lowest BCUT2D eigenvalue weighted by Gasteiger charge is -2.42. The Hall–Kier alpha value is -0.160. The highest BCUT2D eigenvalue weighted by Crippen LogP contribution is 2.27. The molecule has 114 valence electrons. The largest absolute Gasteiger partial charge is 0.378 e. The molecule has 0 aromatic rings. The molecule has 0 saturated carbocycles. The van der Waals surface area contributed by atoms with Gasteiger partial charge in [-0.05, 0) is 31.8 Å². The van der Waals surface area contributed by atoms with E-state index < -0.39 is 0 Å². The van der Waals surface area contributed by atoms with Gasteiger partial charge in [-0.1, -0.05) is 27.7 Å². The van der Waals surface area contributed by atoms with Crippen LogP contribution in [0.5, 0.6) is 0 Å². The first-order valence-corrected chi connectivity index (χ1v) is 7.86. The van der Waals surface area contributed by atoms with Crippen molar-refractivity contribution < 1.29 is 4.74 Å². The van der Waals surface area contributed by atoms with Crippen LogP contribution in [0, 0.1) is 5.92 Å². The lowest BCUT2D eigenvalue weighted by Crippen LogP contribution is -2.58. The molecular weight excluding hydrogens is 238 g/mol. The first-order valence-electron chi connectivity index (χ1n) is 7.86. The van der Waals surface area contributed by atoms with Crippen molar-refractivity contribution >= 4 is 0 Å². The Morgan fingerprint density at radius 2 is 2.05 bits per heavy atom. The third-order valence-electron chi connectivity index (χ3n) is 4.46. The Morgan fingerprint density at radius 3 is 2.58 bits per heavy atom. The van der Waals surface area contributed by atoms with Gasteiger partial charge in [-0.15, -0.1) is 0 Å². The Morgan fingerprint density at radius 1 is 1.37 bits per heavy atom. The highest BCUT2D eigenvalue weighted by atomic mass is 16.5. The minimum absolute atomic E-state index is 0.0837. The summed E-state index contributed by atoms with van der Waals surface area (Å²) >= 11 is 0. The second-order valence-corrected chi connectivity index (χ2v) is 6.05. The van der Waals surface area contributed by atoms with E-state index in [0.717, 1.165) is 45.6 Å². The number of nitrogens with two attached hydrogens (primary N) is 1. The second kappa shape index (κ2) is 8.20. The van der Waals surface area contributed by atoms with Gasteiger partial charge in [0, 0.05) is 31.8 Å². The van der Waals surface area contributed by atoms with Gasteiger partial charge in [0.1, 0.15) is 0 Å². The van der Waals surface area contributed by atoms with E-state index in [4.69, 9.17) is 10.5 Å². The van der Waals surface area contributed by atoms with Crippen molar-refractivity contribution in [1.29, 1.82) is 0 Å². The SMILES string of the molecule is CCN(CC)CCNC1(CN)CCOC(C(C)C)C1. The molecule has 3 N–H and O–H groups in total. The Kier molecular flexibility index (Phi) is 7.29. The summed E-state index contributed by atoms with van der Waals surface area (Å²) in [5.74, 6) is 0.566. The van der Waals surface area contributed by atoms with Gasteiger partial charge in [0.2, 0.25) is 0 Å². The normalized spacial score (nSPS) is 28.3. The molecule has 0 spiro atoms. The van der Waals surface area contributed by atoms with Crippen molar-refractivity contribution in [2.75, 3.05) is 39.3 Å². The van der Waals surface area contributed by atoms with E-state index >= 15 is 0 Å². The van der Waals surface area contributed by atoms with Gasteiger partial charge in [-0.2, -0.15) is 0 Å². The fourth-order valence-electron chi connectivity index (χ4n) is 2.82. The number of hydrogen-bond acceptors (Lipinski definition) is 4. The topological polar surface area (TPSA) is 50.5 Å². The first kappa shape index (κ1) is 16.9. The molecule has 1 rings (SSSR count). The molecule has 4 heteroatoms. The average molecular weight is 271 g/mol. The zero-order valence-electron chi connectivity index (χ0n) is 13.2. The molecule has 0 aromatic heterocycles. The van der Waals surface area contributed by atoms with Gasteiger partial charge < -0.3 is 20.7 Å². The van der Waals surface area contributed by atoms with E-state index in [2.05, 4.69) is 37.9 Å². The van der Waals surface area contributed by atoms with E-state index in [1.807, 2.05) is 0 Å². The molecule has 2 unspecified atom stereocenters. The Balaban J connectivity index is 2.46. The summed E-state index contributed by atoms with van der Waals surface area (Å²) in [5.41, 5.74) is 6.13. The van der Waals surface area contributed by atoms with Crippen molar-refractivity contribution in [3.05, 3.63) is 0 Å². The van der Waals surface area contributed by atoms with Gasteiger partial charge in [0.05, 0.1) is 6.10 Å². The predicted octanol–water partition coefficient (Wildman–Crippen LogP) is 1.45. The molecule has 0 radical (unpaired) electrons. The smallest absolute Gasteiger partial charge is 0.0616 e. The van der Waals surface area contributed by atoms with Gasteiger partial charge in [0.15, 0.2) is 0 Å². The molecule has 1 saturated heterocycles. The summed E-state index contributed by atoms with van der Waals surface area (Å²) in [6.07, 6.45) is 2.42. The molecule has 1 heterocycles. The third kappa shape index (κ3) is 5.03. The molecule has 0 bridgehead atoms. The minimum atomic E-state index is 0.0837. The third-order valence-corrected chi connectivity index (χ3v) is 4.46. The monoisotopic (exact) mass is 271 g/mol. The maximum atomic E-state index is 6.05. The van der Waals surface area contributed by atoms with Crippen molar-refractivity contribution in [1.82, 2.24) is 10.2 Å². The molecule has 0 aromatic carbocycles. The maximum Gasteiger partial charge on any atom is 0.0616 e. The van der Waals surface area contributed by atoms with E-state index in [-0.39, 0.29) is 5.54 Å².